The quantitative estimate of drug-likeness (QED) is 0.684. The Morgan fingerprint density at radius 3 is 2.32 bits per heavy atom. The Morgan fingerprint density at radius 2 is 1.65 bits per heavy atom. The number of hydrogen-bond donors (Lipinski definition) is 0. The summed E-state index contributed by atoms with van der Waals surface area (Å²) >= 11 is 0. The number of carbonyl (C=O) groups is 1. The van der Waals surface area contributed by atoms with E-state index in [2.05, 4.69) is 14.8 Å². The minimum Gasteiger partial charge on any atom is -0.497 e. The normalized spacial score (nSPS) is 16.9. The van der Waals surface area contributed by atoms with Crippen LogP contribution in [0.3, 0.4) is 0 Å². The van der Waals surface area contributed by atoms with E-state index in [1.54, 1.807) is 19.2 Å². The molecule has 1 aromatic heterocycles. The molecule has 31 heavy (non-hydrogen) atoms. The first-order valence-electron chi connectivity index (χ1n) is 10.6. The predicted molar refractivity (Wildman–Crippen MR) is 117 cm³/mol. The molecular weight excluding hydrogens is 398 g/mol. The van der Waals surface area contributed by atoms with E-state index >= 15 is 0 Å². The molecule has 0 aliphatic carbocycles. The molecule has 0 unspecified atom stereocenters. The van der Waals surface area contributed by atoms with Gasteiger partial charge in [0.25, 0.3) is 5.91 Å². The lowest BCUT2D eigenvalue weighted by Crippen LogP contribution is -2.50. The molecule has 2 aliphatic rings. The Balaban J connectivity index is 1.30. The van der Waals surface area contributed by atoms with Crippen molar-refractivity contribution >= 4 is 17.7 Å². The lowest BCUT2D eigenvalue weighted by Gasteiger charge is -2.35. The molecule has 166 valence electrons. The Bertz CT molecular complexity index is 878. The number of aryl methyl sites for hydroxylation is 1. The third kappa shape index (κ3) is 5.35. The molecule has 3 heterocycles. The Labute approximate surface area is 182 Å². The fourth-order valence-electron chi connectivity index (χ4n) is 3.70. The molecule has 9 heteroatoms. The Morgan fingerprint density at radius 1 is 0.968 bits per heavy atom. The van der Waals surface area contributed by atoms with Crippen molar-refractivity contribution in [3.63, 3.8) is 0 Å². The minimum absolute atomic E-state index is 0.0189. The van der Waals surface area contributed by atoms with Gasteiger partial charge in [-0.05, 0) is 31.2 Å². The molecule has 4 rings (SSSR count). The number of methoxy groups -OCH3 is 1. The average molecular weight is 428 g/mol. The SMILES string of the molecule is COc1ccc(OCC(=O)N2CCN(c3nc(C)cc(N4CCOCC4)n3)CC2)cc1. The van der Waals surface area contributed by atoms with E-state index in [0.29, 0.717) is 31.9 Å². The topological polar surface area (TPSA) is 80.3 Å². The van der Waals surface area contributed by atoms with Crippen molar-refractivity contribution in [3.05, 3.63) is 36.0 Å². The van der Waals surface area contributed by atoms with Crippen molar-refractivity contribution in [2.75, 3.05) is 76.0 Å². The summed E-state index contributed by atoms with van der Waals surface area (Å²) < 4.78 is 16.2. The molecule has 2 saturated heterocycles. The number of nitrogens with zero attached hydrogens (tertiary/aromatic N) is 5. The number of hydrogen-bond acceptors (Lipinski definition) is 8. The van der Waals surface area contributed by atoms with Crippen LogP contribution in [0.4, 0.5) is 11.8 Å². The zero-order valence-corrected chi connectivity index (χ0v) is 18.1. The van der Waals surface area contributed by atoms with Gasteiger partial charge < -0.3 is 28.9 Å². The van der Waals surface area contributed by atoms with Gasteiger partial charge in [-0.25, -0.2) is 4.98 Å². The van der Waals surface area contributed by atoms with Gasteiger partial charge in [-0.1, -0.05) is 0 Å². The van der Waals surface area contributed by atoms with Crippen molar-refractivity contribution in [3.8, 4) is 11.5 Å². The first-order valence-corrected chi connectivity index (χ1v) is 10.6. The Hall–Kier alpha value is -3.07. The second kappa shape index (κ2) is 9.82. The van der Waals surface area contributed by atoms with Crippen LogP contribution in [0.25, 0.3) is 0 Å². The molecule has 0 bridgehead atoms. The van der Waals surface area contributed by atoms with Crippen molar-refractivity contribution in [2.24, 2.45) is 0 Å². The van der Waals surface area contributed by atoms with E-state index in [1.165, 1.54) is 0 Å². The molecule has 0 saturated carbocycles. The second-order valence-corrected chi connectivity index (χ2v) is 7.60. The van der Waals surface area contributed by atoms with Crippen LogP contribution in [-0.2, 0) is 9.53 Å². The molecule has 2 aliphatic heterocycles. The highest BCUT2D eigenvalue weighted by molar-refractivity contribution is 5.78. The first kappa shape index (κ1) is 21.2. The zero-order chi connectivity index (χ0) is 21.6. The number of benzene rings is 1. The third-order valence-electron chi connectivity index (χ3n) is 5.50. The summed E-state index contributed by atoms with van der Waals surface area (Å²) in [6.45, 7) is 7.76. The minimum atomic E-state index is -0.0189. The van der Waals surface area contributed by atoms with E-state index in [9.17, 15) is 4.79 Å². The summed E-state index contributed by atoms with van der Waals surface area (Å²) in [5.74, 6) is 3.05. The van der Waals surface area contributed by atoms with Crippen LogP contribution < -0.4 is 19.3 Å². The van der Waals surface area contributed by atoms with Crippen LogP contribution in [0.2, 0.25) is 0 Å². The van der Waals surface area contributed by atoms with Gasteiger partial charge in [0.1, 0.15) is 17.3 Å². The van der Waals surface area contributed by atoms with Crippen molar-refractivity contribution in [1.29, 1.82) is 0 Å². The summed E-state index contributed by atoms with van der Waals surface area (Å²) in [6.07, 6.45) is 0. The number of rotatable bonds is 6. The maximum absolute atomic E-state index is 12.6. The van der Waals surface area contributed by atoms with Crippen LogP contribution in [0, 0.1) is 6.92 Å². The van der Waals surface area contributed by atoms with E-state index in [-0.39, 0.29) is 12.5 Å². The van der Waals surface area contributed by atoms with Gasteiger partial charge in [0.2, 0.25) is 5.95 Å². The second-order valence-electron chi connectivity index (χ2n) is 7.60. The smallest absolute Gasteiger partial charge is 0.260 e. The number of morpholine rings is 1. The third-order valence-corrected chi connectivity index (χ3v) is 5.50. The zero-order valence-electron chi connectivity index (χ0n) is 18.1. The van der Waals surface area contributed by atoms with Crippen LogP contribution >= 0.6 is 0 Å². The number of ether oxygens (including phenoxy) is 3. The van der Waals surface area contributed by atoms with Crippen LogP contribution in [-0.4, -0.2) is 87.0 Å². The largest absolute Gasteiger partial charge is 0.497 e. The fourth-order valence-corrected chi connectivity index (χ4v) is 3.70. The van der Waals surface area contributed by atoms with Gasteiger partial charge in [-0.3, -0.25) is 4.79 Å². The number of carbonyl (C=O) groups excluding carboxylic acids is 1. The molecular formula is C22H29N5O4. The van der Waals surface area contributed by atoms with Gasteiger partial charge in [0.05, 0.1) is 20.3 Å². The lowest BCUT2D eigenvalue weighted by atomic mass is 10.3. The summed E-state index contributed by atoms with van der Waals surface area (Å²) in [5.41, 5.74) is 0.942. The predicted octanol–water partition coefficient (Wildman–Crippen LogP) is 1.36. The molecule has 9 nitrogen and oxygen atoms in total. The summed E-state index contributed by atoms with van der Waals surface area (Å²) in [4.78, 5) is 28.2. The lowest BCUT2D eigenvalue weighted by molar-refractivity contribution is -0.133. The van der Waals surface area contributed by atoms with Crippen molar-refractivity contribution in [2.45, 2.75) is 6.92 Å². The molecule has 1 aromatic carbocycles. The first-order chi connectivity index (χ1) is 15.1. The number of amides is 1. The molecule has 0 radical (unpaired) electrons. The molecule has 2 fully saturated rings. The number of anilines is 2. The molecule has 0 spiro atoms. The maximum Gasteiger partial charge on any atom is 0.260 e. The average Bonchev–Trinajstić information content (AvgIpc) is 2.83. The van der Waals surface area contributed by atoms with E-state index in [0.717, 1.165) is 49.5 Å². The molecule has 0 atom stereocenters. The molecule has 0 N–H and O–H groups in total. The van der Waals surface area contributed by atoms with Crippen LogP contribution in [0.1, 0.15) is 5.69 Å². The van der Waals surface area contributed by atoms with Gasteiger partial charge in [0.15, 0.2) is 6.61 Å². The fraction of sp³-hybridized carbons (Fsp3) is 0.500. The molecule has 1 amide bonds. The van der Waals surface area contributed by atoms with Gasteiger partial charge >= 0.3 is 0 Å². The number of piperazine rings is 1. The Kier molecular flexibility index (Phi) is 6.71. The highest BCUT2D eigenvalue weighted by Crippen LogP contribution is 2.20. The van der Waals surface area contributed by atoms with E-state index in [1.807, 2.05) is 30.0 Å². The van der Waals surface area contributed by atoms with Gasteiger partial charge in [-0.15, -0.1) is 0 Å². The van der Waals surface area contributed by atoms with Crippen molar-refractivity contribution < 1.29 is 19.0 Å². The molecule has 2 aromatic rings. The van der Waals surface area contributed by atoms with Crippen molar-refractivity contribution in [1.82, 2.24) is 14.9 Å². The summed E-state index contributed by atoms with van der Waals surface area (Å²) in [7, 11) is 1.62. The van der Waals surface area contributed by atoms with E-state index < -0.39 is 0 Å². The highest BCUT2D eigenvalue weighted by atomic mass is 16.5. The maximum atomic E-state index is 12.6. The standard InChI is InChI=1S/C22H29N5O4/c1-17-15-20(25-11-13-30-14-12-25)24-22(23-17)27-9-7-26(8-10-27)21(28)16-31-19-5-3-18(29-2)4-6-19/h3-6,15H,7-14,16H2,1-2H3. The summed E-state index contributed by atoms with van der Waals surface area (Å²) in [6, 6.07) is 9.23. The van der Waals surface area contributed by atoms with Gasteiger partial charge in [-0.2, -0.15) is 4.98 Å². The van der Waals surface area contributed by atoms with Crippen LogP contribution in [0.5, 0.6) is 11.5 Å². The van der Waals surface area contributed by atoms with E-state index in [4.69, 9.17) is 19.2 Å². The monoisotopic (exact) mass is 427 g/mol. The summed E-state index contributed by atoms with van der Waals surface area (Å²) in [5, 5.41) is 0. The highest BCUT2D eigenvalue weighted by Gasteiger charge is 2.24. The van der Waals surface area contributed by atoms with Crippen LogP contribution in [0.15, 0.2) is 30.3 Å². The number of aromatic nitrogens is 2. The van der Waals surface area contributed by atoms with Gasteiger partial charge in [0, 0.05) is 51.0 Å².